The predicted octanol–water partition coefficient (Wildman–Crippen LogP) is 3.05. The molecule has 134 valence electrons. The molecule has 3 rings (SSSR count). The summed E-state index contributed by atoms with van der Waals surface area (Å²) in [6.45, 7) is 7.66. The molecule has 1 aromatic rings. The van der Waals surface area contributed by atoms with Crippen LogP contribution in [-0.2, 0) is 20.8 Å². The Bertz CT molecular complexity index is 712. The van der Waals surface area contributed by atoms with Crippen LogP contribution in [0.15, 0.2) is 24.3 Å². The lowest BCUT2D eigenvalue weighted by molar-refractivity contribution is -0.163. The van der Waals surface area contributed by atoms with Crippen molar-refractivity contribution in [1.29, 1.82) is 0 Å². The molecule has 2 aliphatic rings. The molecule has 2 fully saturated rings. The second-order valence-corrected chi connectivity index (χ2v) is 8.50. The van der Waals surface area contributed by atoms with Gasteiger partial charge in [-0.15, -0.1) is 0 Å². The van der Waals surface area contributed by atoms with Crippen molar-refractivity contribution < 1.29 is 14.4 Å². The minimum atomic E-state index is -0.765. The number of fused-ring (bicyclic) bond motifs is 2. The standard InChI is InChI=1S/C20H26N2O3/c1-5-13-6-8-14(9-7-13)21-15(23)18(2)10-19(3)12-20(4,11-18)17(25)22-16(19)24/h6-9H,5,10-12H2,1-4H3,(H,21,23)(H,22,24,25). The summed E-state index contributed by atoms with van der Waals surface area (Å²) in [6, 6.07) is 7.77. The van der Waals surface area contributed by atoms with Crippen molar-refractivity contribution in [2.75, 3.05) is 5.32 Å². The summed E-state index contributed by atoms with van der Waals surface area (Å²) in [7, 11) is 0. The van der Waals surface area contributed by atoms with Crippen LogP contribution < -0.4 is 10.6 Å². The van der Waals surface area contributed by atoms with Crippen molar-refractivity contribution >= 4 is 23.4 Å². The van der Waals surface area contributed by atoms with Crippen LogP contribution in [-0.4, -0.2) is 17.7 Å². The maximum absolute atomic E-state index is 13.0. The molecule has 1 aliphatic carbocycles. The van der Waals surface area contributed by atoms with Gasteiger partial charge in [-0.1, -0.05) is 39.8 Å². The molecule has 0 aromatic heterocycles. The highest BCUT2D eigenvalue weighted by atomic mass is 16.2. The van der Waals surface area contributed by atoms with Gasteiger partial charge in [0.1, 0.15) is 0 Å². The van der Waals surface area contributed by atoms with Crippen molar-refractivity contribution in [3.63, 3.8) is 0 Å². The zero-order chi connectivity index (χ0) is 18.5. The maximum Gasteiger partial charge on any atom is 0.232 e. The number of imide groups is 1. The van der Waals surface area contributed by atoms with Crippen LogP contribution in [0.5, 0.6) is 0 Å². The Morgan fingerprint density at radius 3 is 2.00 bits per heavy atom. The lowest BCUT2D eigenvalue weighted by Gasteiger charge is -2.53. The van der Waals surface area contributed by atoms with Crippen molar-refractivity contribution in [2.45, 2.75) is 53.4 Å². The molecule has 0 spiro atoms. The average molecular weight is 342 g/mol. The van der Waals surface area contributed by atoms with Crippen molar-refractivity contribution in [1.82, 2.24) is 5.32 Å². The molecular weight excluding hydrogens is 316 g/mol. The molecule has 1 saturated heterocycles. The zero-order valence-electron chi connectivity index (χ0n) is 15.4. The molecule has 1 aliphatic heterocycles. The van der Waals surface area contributed by atoms with E-state index in [4.69, 9.17) is 0 Å². The van der Waals surface area contributed by atoms with E-state index in [1.807, 2.05) is 45.0 Å². The number of piperidine rings is 1. The first-order valence-electron chi connectivity index (χ1n) is 8.87. The van der Waals surface area contributed by atoms with Gasteiger partial charge in [-0.25, -0.2) is 0 Å². The van der Waals surface area contributed by atoms with E-state index in [9.17, 15) is 14.4 Å². The molecule has 2 N–H and O–H groups in total. The summed E-state index contributed by atoms with van der Waals surface area (Å²) in [5, 5.41) is 5.47. The average Bonchev–Trinajstić information content (AvgIpc) is 2.53. The minimum Gasteiger partial charge on any atom is -0.326 e. The number of rotatable bonds is 3. The van der Waals surface area contributed by atoms with E-state index in [2.05, 4.69) is 17.6 Å². The molecular formula is C20H26N2O3. The fourth-order valence-electron chi connectivity index (χ4n) is 4.76. The molecule has 3 amide bonds. The number of nitrogens with one attached hydrogen (secondary N) is 2. The van der Waals surface area contributed by atoms with Crippen LogP contribution in [0.4, 0.5) is 5.69 Å². The normalized spacial score (nSPS) is 34.4. The third kappa shape index (κ3) is 2.96. The Labute approximate surface area is 148 Å². The van der Waals surface area contributed by atoms with E-state index in [0.717, 1.165) is 12.1 Å². The molecule has 25 heavy (non-hydrogen) atoms. The number of hydrogen-bond donors (Lipinski definition) is 2. The largest absolute Gasteiger partial charge is 0.326 e. The van der Waals surface area contributed by atoms with Gasteiger partial charge in [0.25, 0.3) is 0 Å². The molecule has 2 bridgehead atoms. The van der Waals surface area contributed by atoms with Crippen molar-refractivity contribution in [2.24, 2.45) is 16.2 Å². The highest BCUT2D eigenvalue weighted by Gasteiger charge is 2.60. The Hall–Kier alpha value is -2.17. The molecule has 2 unspecified atom stereocenters. The van der Waals surface area contributed by atoms with Gasteiger partial charge in [0.2, 0.25) is 17.7 Å². The van der Waals surface area contributed by atoms with Crippen molar-refractivity contribution in [3.8, 4) is 0 Å². The Balaban J connectivity index is 1.85. The number of hydrogen-bond acceptors (Lipinski definition) is 3. The number of amides is 3. The van der Waals surface area contributed by atoms with Crippen LogP contribution >= 0.6 is 0 Å². The van der Waals surface area contributed by atoms with Crippen LogP contribution in [0.3, 0.4) is 0 Å². The number of benzene rings is 1. The minimum absolute atomic E-state index is 0.128. The zero-order valence-corrected chi connectivity index (χ0v) is 15.4. The van der Waals surface area contributed by atoms with Gasteiger partial charge in [0, 0.05) is 21.9 Å². The van der Waals surface area contributed by atoms with E-state index in [1.54, 1.807) is 0 Å². The highest BCUT2D eigenvalue weighted by molar-refractivity contribution is 6.05. The number of anilines is 1. The van der Waals surface area contributed by atoms with E-state index in [1.165, 1.54) is 5.56 Å². The maximum atomic E-state index is 13.0. The van der Waals surface area contributed by atoms with Gasteiger partial charge in [0.15, 0.2) is 0 Å². The summed E-state index contributed by atoms with van der Waals surface area (Å²) < 4.78 is 0. The van der Waals surface area contributed by atoms with Gasteiger partial charge in [0.05, 0.1) is 0 Å². The van der Waals surface area contributed by atoms with E-state index in [0.29, 0.717) is 19.3 Å². The van der Waals surface area contributed by atoms with Crippen LogP contribution in [0.2, 0.25) is 0 Å². The lowest BCUT2D eigenvalue weighted by Crippen LogP contribution is -2.63. The first kappa shape index (κ1) is 17.6. The van der Waals surface area contributed by atoms with E-state index in [-0.39, 0.29) is 17.7 Å². The smallest absolute Gasteiger partial charge is 0.232 e. The quantitative estimate of drug-likeness (QED) is 0.829. The summed E-state index contributed by atoms with van der Waals surface area (Å²) in [4.78, 5) is 37.7. The van der Waals surface area contributed by atoms with Gasteiger partial charge in [-0.05, 0) is 43.4 Å². The summed E-state index contributed by atoms with van der Waals surface area (Å²) >= 11 is 0. The first-order chi connectivity index (χ1) is 11.6. The van der Waals surface area contributed by atoms with Crippen LogP contribution in [0.25, 0.3) is 0 Å². The van der Waals surface area contributed by atoms with Gasteiger partial charge in [-0.2, -0.15) is 0 Å². The summed E-state index contributed by atoms with van der Waals surface area (Å²) in [5.74, 6) is -0.654. The number of carbonyl (C=O) groups is 3. The van der Waals surface area contributed by atoms with Crippen LogP contribution in [0, 0.1) is 16.2 Å². The SMILES string of the molecule is CCc1ccc(NC(=O)C2(C)CC3(C)CC(C)(C2)C(=O)NC3=O)cc1. The van der Waals surface area contributed by atoms with Gasteiger partial charge < -0.3 is 5.32 Å². The number of aryl methyl sites for hydroxylation is 1. The topological polar surface area (TPSA) is 75.3 Å². The van der Waals surface area contributed by atoms with Crippen LogP contribution in [0.1, 0.15) is 52.5 Å². The second kappa shape index (κ2) is 5.68. The summed E-state index contributed by atoms with van der Waals surface area (Å²) in [5.41, 5.74) is -0.208. The van der Waals surface area contributed by atoms with Gasteiger partial charge in [-0.3, -0.25) is 19.7 Å². The van der Waals surface area contributed by atoms with Crippen molar-refractivity contribution in [3.05, 3.63) is 29.8 Å². The fraction of sp³-hybridized carbons (Fsp3) is 0.550. The number of carbonyl (C=O) groups excluding carboxylic acids is 3. The second-order valence-electron chi connectivity index (χ2n) is 8.50. The first-order valence-corrected chi connectivity index (χ1v) is 8.87. The molecule has 5 nitrogen and oxygen atoms in total. The highest BCUT2D eigenvalue weighted by Crippen LogP contribution is 2.56. The van der Waals surface area contributed by atoms with E-state index < -0.39 is 16.2 Å². The third-order valence-corrected chi connectivity index (χ3v) is 5.83. The van der Waals surface area contributed by atoms with Gasteiger partial charge >= 0.3 is 0 Å². The Morgan fingerprint density at radius 1 is 1.00 bits per heavy atom. The van der Waals surface area contributed by atoms with E-state index >= 15 is 0 Å². The molecule has 1 heterocycles. The molecule has 1 aromatic carbocycles. The third-order valence-electron chi connectivity index (χ3n) is 5.83. The monoisotopic (exact) mass is 342 g/mol. The molecule has 1 saturated carbocycles. The molecule has 5 heteroatoms. The predicted molar refractivity (Wildman–Crippen MR) is 95.8 cm³/mol. The Morgan fingerprint density at radius 2 is 1.52 bits per heavy atom. The summed E-state index contributed by atoms with van der Waals surface area (Å²) in [6.07, 6.45) is 2.32. The lowest BCUT2D eigenvalue weighted by atomic mass is 9.52. The fourth-order valence-corrected chi connectivity index (χ4v) is 4.76. The molecule has 2 atom stereocenters. The Kier molecular flexibility index (Phi) is 4.01. The molecule has 0 radical (unpaired) electrons.